The van der Waals surface area contributed by atoms with Crippen LogP contribution in [0.25, 0.3) is 0 Å². The lowest BCUT2D eigenvalue weighted by atomic mass is 10.1. The van der Waals surface area contributed by atoms with Gasteiger partial charge in [-0.3, -0.25) is 9.59 Å². The summed E-state index contributed by atoms with van der Waals surface area (Å²) in [4.78, 5) is 25.9. The summed E-state index contributed by atoms with van der Waals surface area (Å²) in [5.74, 6) is -0.0850. The highest BCUT2D eigenvalue weighted by molar-refractivity contribution is 5.94. The molecule has 2 amide bonds. The van der Waals surface area contributed by atoms with Crippen molar-refractivity contribution < 1.29 is 14.0 Å². The summed E-state index contributed by atoms with van der Waals surface area (Å²) in [7, 11) is 0. The average molecular weight is 312 g/mol. The van der Waals surface area contributed by atoms with E-state index in [1.807, 2.05) is 23.1 Å². The first-order chi connectivity index (χ1) is 11.2. The Balaban J connectivity index is 1.45. The van der Waals surface area contributed by atoms with Crippen molar-refractivity contribution in [3.8, 4) is 0 Å². The standard InChI is InChI=1S/C18H20N2O3/c21-17-11-16(19-18(22)15-8-10-23-13-15)12-20(17)9-4-7-14-5-2-1-3-6-14/h1-3,5-6,8,10,13,16H,4,7,9,11-12H2,(H,19,22)/t16-/m1/s1. The molecule has 2 heterocycles. The van der Waals surface area contributed by atoms with E-state index in [4.69, 9.17) is 4.42 Å². The van der Waals surface area contributed by atoms with Gasteiger partial charge in [-0.25, -0.2) is 0 Å². The van der Waals surface area contributed by atoms with Gasteiger partial charge in [-0.2, -0.15) is 0 Å². The van der Waals surface area contributed by atoms with Crippen molar-refractivity contribution in [2.75, 3.05) is 13.1 Å². The third-order valence-corrected chi connectivity index (χ3v) is 4.07. The molecule has 2 aromatic rings. The smallest absolute Gasteiger partial charge is 0.254 e. The highest BCUT2D eigenvalue weighted by atomic mass is 16.3. The molecule has 1 aliphatic rings. The van der Waals surface area contributed by atoms with E-state index in [1.165, 1.54) is 18.1 Å². The summed E-state index contributed by atoms with van der Waals surface area (Å²) >= 11 is 0. The third-order valence-electron chi connectivity index (χ3n) is 4.07. The number of benzene rings is 1. The Bertz CT molecular complexity index is 652. The lowest BCUT2D eigenvalue weighted by molar-refractivity contribution is -0.127. The van der Waals surface area contributed by atoms with E-state index in [0.717, 1.165) is 19.4 Å². The number of amides is 2. The second-order valence-electron chi connectivity index (χ2n) is 5.82. The summed E-state index contributed by atoms with van der Waals surface area (Å²) in [6.45, 7) is 1.31. The molecule has 5 heteroatoms. The Morgan fingerprint density at radius 2 is 2.09 bits per heavy atom. The Labute approximate surface area is 135 Å². The quantitative estimate of drug-likeness (QED) is 0.890. The van der Waals surface area contributed by atoms with E-state index in [2.05, 4.69) is 17.4 Å². The topological polar surface area (TPSA) is 62.6 Å². The first kappa shape index (κ1) is 15.3. The summed E-state index contributed by atoms with van der Waals surface area (Å²) in [5.41, 5.74) is 1.77. The molecule has 1 aromatic carbocycles. The number of carbonyl (C=O) groups is 2. The van der Waals surface area contributed by atoms with Crippen LogP contribution in [0.4, 0.5) is 0 Å². The number of furan rings is 1. The Kier molecular flexibility index (Phi) is 4.76. The van der Waals surface area contributed by atoms with E-state index in [0.29, 0.717) is 18.5 Å². The van der Waals surface area contributed by atoms with E-state index < -0.39 is 0 Å². The van der Waals surface area contributed by atoms with Gasteiger partial charge in [0.1, 0.15) is 6.26 Å². The monoisotopic (exact) mass is 312 g/mol. The molecule has 120 valence electrons. The molecule has 1 saturated heterocycles. The van der Waals surface area contributed by atoms with Crippen LogP contribution >= 0.6 is 0 Å². The number of hydrogen-bond donors (Lipinski definition) is 1. The van der Waals surface area contributed by atoms with Gasteiger partial charge in [0.05, 0.1) is 17.9 Å². The van der Waals surface area contributed by atoms with Gasteiger partial charge < -0.3 is 14.6 Å². The second-order valence-corrected chi connectivity index (χ2v) is 5.82. The molecule has 0 spiro atoms. The molecule has 5 nitrogen and oxygen atoms in total. The molecule has 0 radical (unpaired) electrons. The molecule has 1 fully saturated rings. The Hall–Kier alpha value is -2.56. The van der Waals surface area contributed by atoms with Crippen LogP contribution in [0.5, 0.6) is 0 Å². The van der Waals surface area contributed by atoms with Gasteiger partial charge in [0.15, 0.2) is 0 Å². The molecule has 1 N–H and O–H groups in total. The highest BCUT2D eigenvalue weighted by Gasteiger charge is 2.30. The normalized spacial score (nSPS) is 17.5. The molecule has 0 bridgehead atoms. The number of aryl methyl sites for hydroxylation is 1. The van der Waals surface area contributed by atoms with Crippen LogP contribution in [0, 0.1) is 0 Å². The fourth-order valence-corrected chi connectivity index (χ4v) is 2.87. The molecule has 0 unspecified atom stereocenters. The Morgan fingerprint density at radius 1 is 1.26 bits per heavy atom. The van der Waals surface area contributed by atoms with Crippen LogP contribution in [-0.4, -0.2) is 35.8 Å². The largest absolute Gasteiger partial charge is 0.472 e. The van der Waals surface area contributed by atoms with Gasteiger partial charge in [0, 0.05) is 19.5 Å². The molecule has 23 heavy (non-hydrogen) atoms. The van der Waals surface area contributed by atoms with E-state index in [9.17, 15) is 9.59 Å². The van der Waals surface area contributed by atoms with Crippen LogP contribution in [-0.2, 0) is 11.2 Å². The maximum Gasteiger partial charge on any atom is 0.254 e. The zero-order valence-electron chi connectivity index (χ0n) is 12.9. The van der Waals surface area contributed by atoms with Crippen LogP contribution in [0.15, 0.2) is 53.3 Å². The first-order valence-corrected chi connectivity index (χ1v) is 7.87. The molecule has 0 saturated carbocycles. The van der Waals surface area contributed by atoms with Crippen LogP contribution in [0.3, 0.4) is 0 Å². The number of nitrogens with zero attached hydrogens (tertiary/aromatic N) is 1. The van der Waals surface area contributed by atoms with Crippen LogP contribution in [0.1, 0.15) is 28.8 Å². The van der Waals surface area contributed by atoms with Gasteiger partial charge in [0.2, 0.25) is 5.91 Å². The minimum absolute atomic E-state index is 0.107. The van der Waals surface area contributed by atoms with Gasteiger partial charge in [-0.05, 0) is 24.5 Å². The zero-order chi connectivity index (χ0) is 16.1. The minimum atomic E-state index is -0.192. The maximum absolute atomic E-state index is 12.1. The molecule has 1 atom stereocenters. The number of carbonyl (C=O) groups excluding carboxylic acids is 2. The fourth-order valence-electron chi connectivity index (χ4n) is 2.87. The summed E-state index contributed by atoms with van der Waals surface area (Å²) in [5, 5.41) is 2.89. The predicted molar refractivity (Wildman–Crippen MR) is 85.9 cm³/mol. The number of likely N-dealkylation sites (tertiary alicyclic amines) is 1. The van der Waals surface area contributed by atoms with Crippen molar-refractivity contribution in [1.29, 1.82) is 0 Å². The SMILES string of the molecule is O=C(N[C@@H]1CC(=O)N(CCCc2ccccc2)C1)c1ccoc1. The van der Waals surface area contributed by atoms with E-state index in [1.54, 1.807) is 6.07 Å². The first-order valence-electron chi connectivity index (χ1n) is 7.87. The molecule has 1 aromatic heterocycles. The van der Waals surface area contributed by atoms with Crippen LogP contribution < -0.4 is 5.32 Å². The van der Waals surface area contributed by atoms with Gasteiger partial charge >= 0.3 is 0 Å². The number of hydrogen-bond acceptors (Lipinski definition) is 3. The van der Waals surface area contributed by atoms with Crippen molar-refractivity contribution in [2.24, 2.45) is 0 Å². The van der Waals surface area contributed by atoms with Gasteiger partial charge in [-0.1, -0.05) is 30.3 Å². The second kappa shape index (κ2) is 7.13. The summed E-state index contributed by atoms with van der Waals surface area (Å²) in [6, 6.07) is 11.7. The molecule has 1 aliphatic heterocycles. The lowest BCUT2D eigenvalue weighted by Crippen LogP contribution is -2.37. The molecule has 3 rings (SSSR count). The lowest BCUT2D eigenvalue weighted by Gasteiger charge is -2.17. The van der Waals surface area contributed by atoms with Crippen molar-refractivity contribution in [3.63, 3.8) is 0 Å². The molecular weight excluding hydrogens is 292 g/mol. The van der Waals surface area contributed by atoms with Crippen molar-refractivity contribution in [1.82, 2.24) is 10.2 Å². The summed E-state index contributed by atoms with van der Waals surface area (Å²) < 4.78 is 4.90. The fraction of sp³-hybridized carbons (Fsp3) is 0.333. The van der Waals surface area contributed by atoms with Crippen molar-refractivity contribution in [2.45, 2.75) is 25.3 Å². The predicted octanol–water partition coefficient (Wildman–Crippen LogP) is 2.24. The van der Waals surface area contributed by atoms with Gasteiger partial charge in [0.25, 0.3) is 5.91 Å². The molecular formula is C18H20N2O3. The number of rotatable bonds is 6. The minimum Gasteiger partial charge on any atom is -0.472 e. The zero-order valence-corrected chi connectivity index (χ0v) is 12.9. The molecule has 0 aliphatic carbocycles. The summed E-state index contributed by atoms with van der Waals surface area (Å²) in [6.07, 6.45) is 5.12. The average Bonchev–Trinajstić information content (AvgIpc) is 3.19. The highest BCUT2D eigenvalue weighted by Crippen LogP contribution is 2.13. The van der Waals surface area contributed by atoms with Crippen molar-refractivity contribution in [3.05, 3.63) is 60.1 Å². The van der Waals surface area contributed by atoms with E-state index in [-0.39, 0.29) is 17.9 Å². The maximum atomic E-state index is 12.1. The van der Waals surface area contributed by atoms with Crippen molar-refractivity contribution >= 4 is 11.8 Å². The van der Waals surface area contributed by atoms with Gasteiger partial charge in [-0.15, -0.1) is 0 Å². The van der Waals surface area contributed by atoms with Crippen LogP contribution in [0.2, 0.25) is 0 Å². The number of nitrogens with one attached hydrogen (secondary N) is 1. The Morgan fingerprint density at radius 3 is 2.83 bits per heavy atom. The third kappa shape index (κ3) is 4.00. The van der Waals surface area contributed by atoms with E-state index >= 15 is 0 Å².